The highest BCUT2D eigenvalue weighted by atomic mass is 32.1. The van der Waals surface area contributed by atoms with Gasteiger partial charge < -0.3 is 5.32 Å². The molecule has 0 aliphatic heterocycles. The van der Waals surface area contributed by atoms with Crippen molar-refractivity contribution in [2.24, 2.45) is 0 Å². The van der Waals surface area contributed by atoms with Crippen LogP contribution in [0.5, 0.6) is 0 Å². The molecule has 2 aromatic heterocycles. The summed E-state index contributed by atoms with van der Waals surface area (Å²) in [5, 5.41) is 5.93. The first-order valence-electron chi connectivity index (χ1n) is 7.85. The molecule has 0 aliphatic carbocycles. The number of aromatic nitrogens is 3. The highest BCUT2D eigenvalue weighted by molar-refractivity contribution is 7.10. The molecule has 1 aromatic carbocycles. The van der Waals surface area contributed by atoms with Gasteiger partial charge in [-0.1, -0.05) is 31.5 Å². The van der Waals surface area contributed by atoms with Crippen molar-refractivity contribution in [3.8, 4) is 11.4 Å². The average Bonchev–Trinajstić information content (AvgIpc) is 3.13. The Balaban J connectivity index is 1.79. The second-order valence-electron chi connectivity index (χ2n) is 5.34. The van der Waals surface area contributed by atoms with Gasteiger partial charge >= 0.3 is 0 Å². The molecule has 2 heterocycles. The van der Waals surface area contributed by atoms with E-state index in [9.17, 15) is 4.79 Å². The van der Waals surface area contributed by atoms with Gasteiger partial charge in [-0.2, -0.15) is 0 Å². The molecule has 0 radical (unpaired) electrons. The third kappa shape index (κ3) is 3.83. The van der Waals surface area contributed by atoms with Crippen molar-refractivity contribution in [1.82, 2.24) is 20.3 Å². The Labute approximate surface area is 144 Å². The van der Waals surface area contributed by atoms with Gasteiger partial charge in [0.25, 0.3) is 5.91 Å². The predicted octanol–water partition coefficient (Wildman–Crippen LogP) is 3.87. The number of nitrogens with one attached hydrogen (secondary N) is 1. The summed E-state index contributed by atoms with van der Waals surface area (Å²) in [6.45, 7) is 2.10. The van der Waals surface area contributed by atoms with E-state index < -0.39 is 0 Å². The summed E-state index contributed by atoms with van der Waals surface area (Å²) in [6.07, 6.45) is 6.77. The normalized spacial score (nSPS) is 11.9. The summed E-state index contributed by atoms with van der Waals surface area (Å²) in [5.41, 5.74) is 2.19. The van der Waals surface area contributed by atoms with Crippen LogP contribution in [0, 0.1) is 0 Å². The van der Waals surface area contributed by atoms with Crippen LogP contribution in [0.2, 0.25) is 0 Å². The molecule has 122 valence electrons. The third-order valence-electron chi connectivity index (χ3n) is 3.56. The van der Waals surface area contributed by atoms with Crippen LogP contribution >= 0.6 is 11.3 Å². The number of thiazole rings is 1. The van der Waals surface area contributed by atoms with Crippen molar-refractivity contribution < 1.29 is 4.79 Å². The fourth-order valence-corrected chi connectivity index (χ4v) is 3.27. The van der Waals surface area contributed by atoms with Gasteiger partial charge in [-0.25, -0.2) is 4.98 Å². The zero-order chi connectivity index (χ0) is 16.8. The van der Waals surface area contributed by atoms with Gasteiger partial charge in [0.15, 0.2) is 0 Å². The molecule has 0 aliphatic rings. The quantitative estimate of drug-likeness (QED) is 0.741. The maximum Gasteiger partial charge on any atom is 0.251 e. The second kappa shape index (κ2) is 7.79. The van der Waals surface area contributed by atoms with Crippen molar-refractivity contribution in [2.45, 2.75) is 25.8 Å². The molecule has 0 bridgehead atoms. The van der Waals surface area contributed by atoms with Crippen molar-refractivity contribution in [2.75, 3.05) is 0 Å². The molecule has 5 nitrogen and oxygen atoms in total. The number of benzene rings is 1. The molecular weight excluding hydrogens is 320 g/mol. The number of hydrogen-bond acceptors (Lipinski definition) is 5. The molecule has 0 spiro atoms. The van der Waals surface area contributed by atoms with Crippen LogP contribution in [0.15, 0.2) is 54.3 Å². The lowest BCUT2D eigenvalue weighted by Gasteiger charge is -2.15. The van der Waals surface area contributed by atoms with Gasteiger partial charge in [0, 0.05) is 23.3 Å². The van der Waals surface area contributed by atoms with Crippen molar-refractivity contribution in [3.63, 3.8) is 0 Å². The van der Waals surface area contributed by atoms with Gasteiger partial charge in [0.2, 0.25) is 0 Å². The fraction of sp³-hybridized carbons (Fsp3) is 0.222. The van der Waals surface area contributed by atoms with Gasteiger partial charge in [-0.05, 0) is 18.6 Å². The Morgan fingerprint density at radius 2 is 2.04 bits per heavy atom. The van der Waals surface area contributed by atoms with Crippen LogP contribution in [-0.2, 0) is 0 Å². The summed E-state index contributed by atoms with van der Waals surface area (Å²) in [5.74, 6) is -0.0784. The van der Waals surface area contributed by atoms with Gasteiger partial charge in [-0.15, -0.1) is 11.3 Å². The van der Waals surface area contributed by atoms with E-state index >= 15 is 0 Å². The SMILES string of the molecule is CCCC(NC(=O)c1ccccc1)c1nc(-c2cnccn2)cs1. The van der Waals surface area contributed by atoms with E-state index in [1.807, 2.05) is 35.7 Å². The first-order chi connectivity index (χ1) is 11.8. The number of nitrogens with zero attached hydrogens (tertiary/aromatic N) is 3. The minimum absolute atomic E-state index is 0.0784. The molecule has 6 heteroatoms. The van der Waals surface area contributed by atoms with Gasteiger partial charge in [-0.3, -0.25) is 14.8 Å². The lowest BCUT2D eigenvalue weighted by molar-refractivity contribution is 0.0934. The summed E-state index contributed by atoms with van der Waals surface area (Å²) in [7, 11) is 0. The molecule has 0 fully saturated rings. The number of hydrogen-bond donors (Lipinski definition) is 1. The molecule has 0 saturated carbocycles. The van der Waals surface area contributed by atoms with E-state index in [4.69, 9.17) is 0 Å². The Hall–Kier alpha value is -2.60. The standard InChI is InChI=1S/C18H18N4OS/c1-2-6-14(21-17(23)13-7-4-3-5-8-13)18-22-16(12-24-18)15-11-19-9-10-20-15/h3-5,7-12,14H,2,6H2,1H3,(H,21,23). The largest absolute Gasteiger partial charge is 0.343 e. The van der Waals surface area contributed by atoms with E-state index in [0.29, 0.717) is 5.56 Å². The van der Waals surface area contributed by atoms with Crippen LogP contribution in [0.25, 0.3) is 11.4 Å². The van der Waals surface area contributed by atoms with Crippen LogP contribution in [0.4, 0.5) is 0 Å². The van der Waals surface area contributed by atoms with Crippen LogP contribution in [0.3, 0.4) is 0 Å². The number of carbonyl (C=O) groups excluding carboxylic acids is 1. The number of rotatable bonds is 6. The van der Waals surface area contributed by atoms with E-state index in [-0.39, 0.29) is 11.9 Å². The Kier molecular flexibility index (Phi) is 5.28. The highest BCUT2D eigenvalue weighted by Crippen LogP contribution is 2.26. The summed E-state index contributed by atoms with van der Waals surface area (Å²) in [6, 6.07) is 9.14. The van der Waals surface area contributed by atoms with Crippen molar-refractivity contribution in [1.29, 1.82) is 0 Å². The molecular formula is C18H18N4OS. The minimum atomic E-state index is -0.0990. The summed E-state index contributed by atoms with van der Waals surface area (Å²) in [4.78, 5) is 25.4. The van der Waals surface area contributed by atoms with Crippen molar-refractivity contribution >= 4 is 17.2 Å². The summed E-state index contributed by atoms with van der Waals surface area (Å²) < 4.78 is 0. The van der Waals surface area contributed by atoms with E-state index in [1.165, 1.54) is 11.3 Å². The fourth-order valence-electron chi connectivity index (χ4n) is 2.37. The monoisotopic (exact) mass is 338 g/mol. The summed E-state index contributed by atoms with van der Waals surface area (Å²) >= 11 is 1.54. The Morgan fingerprint density at radius 1 is 1.21 bits per heavy atom. The lowest BCUT2D eigenvalue weighted by atomic mass is 10.1. The molecule has 3 aromatic rings. The molecule has 1 N–H and O–H groups in total. The van der Waals surface area contributed by atoms with Crippen LogP contribution in [0.1, 0.15) is 41.2 Å². The molecule has 24 heavy (non-hydrogen) atoms. The molecule has 1 unspecified atom stereocenters. The first-order valence-corrected chi connectivity index (χ1v) is 8.73. The second-order valence-corrected chi connectivity index (χ2v) is 6.23. The molecule has 0 saturated heterocycles. The number of amides is 1. The maximum atomic E-state index is 12.4. The van der Waals surface area contributed by atoms with Crippen LogP contribution in [-0.4, -0.2) is 20.9 Å². The van der Waals surface area contributed by atoms with Gasteiger partial charge in [0.1, 0.15) is 16.4 Å². The van der Waals surface area contributed by atoms with Gasteiger partial charge in [0.05, 0.1) is 12.2 Å². The molecule has 1 atom stereocenters. The molecule has 3 rings (SSSR count). The average molecular weight is 338 g/mol. The molecule has 1 amide bonds. The zero-order valence-electron chi connectivity index (χ0n) is 13.3. The van der Waals surface area contributed by atoms with E-state index in [2.05, 4.69) is 27.2 Å². The predicted molar refractivity (Wildman–Crippen MR) is 94.7 cm³/mol. The third-order valence-corrected chi connectivity index (χ3v) is 4.52. The Morgan fingerprint density at radius 3 is 2.75 bits per heavy atom. The van der Waals surface area contributed by atoms with E-state index in [1.54, 1.807) is 18.6 Å². The lowest BCUT2D eigenvalue weighted by Crippen LogP contribution is -2.28. The van der Waals surface area contributed by atoms with Crippen LogP contribution < -0.4 is 5.32 Å². The minimum Gasteiger partial charge on any atom is -0.343 e. The topological polar surface area (TPSA) is 67.8 Å². The number of carbonyl (C=O) groups is 1. The Bertz CT molecular complexity index is 789. The van der Waals surface area contributed by atoms with E-state index in [0.717, 1.165) is 29.2 Å². The first kappa shape index (κ1) is 16.3. The maximum absolute atomic E-state index is 12.4. The highest BCUT2D eigenvalue weighted by Gasteiger charge is 2.19. The van der Waals surface area contributed by atoms with Crippen molar-refractivity contribution in [3.05, 3.63) is 64.9 Å². The zero-order valence-corrected chi connectivity index (χ0v) is 14.2. The smallest absolute Gasteiger partial charge is 0.251 e.